The first-order chi connectivity index (χ1) is 12.5. The second-order valence-electron chi connectivity index (χ2n) is 4.68. The Morgan fingerprint density at radius 1 is 1.15 bits per heavy atom. The van der Waals surface area contributed by atoms with Crippen LogP contribution in [0.1, 0.15) is 19.4 Å². The standard InChI is InChI=1S/C17H23N3O6/c1-5-25-16(21)14(17(22)26-6-2)15(18)20-19-10-11-7-8-12(23-3)13(9-11)24-4/h7-10,21H,5-6H2,1-4H3,(H2,18,20)/b16-14+,19-10+. The highest BCUT2D eigenvalue weighted by Crippen LogP contribution is 2.26. The van der Waals surface area contributed by atoms with E-state index >= 15 is 0 Å². The number of methoxy groups -OCH3 is 2. The number of aliphatic hydroxyl groups excluding tert-OH is 1. The molecule has 0 atom stereocenters. The van der Waals surface area contributed by atoms with Gasteiger partial charge in [-0.3, -0.25) is 0 Å². The molecular weight excluding hydrogens is 342 g/mol. The first kappa shape index (κ1) is 20.8. The van der Waals surface area contributed by atoms with E-state index in [1.54, 1.807) is 32.0 Å². The largest absolute Gasteiger partial charge is 0.493 e. The summed E-state index contributed by atoms with van der Waals surface area (Å²) in [5.74, 6) is -0.781. The van der Waals surface area contributed by atoms with Crippen LogP contribution in [0.15, 0.2) is 39.9 Å². The smallest absolute Gasteiger partial charge is 0.349 e. The fraction of sp³-hybridized carbons (Fsp3) is 0.353. The highest BCUT2D eigenvalue weighted by Gasteiger charge is 2.22. The van der Waals surface area contributed by atoms with Crippen molar-refractivity contribution >= 4 is 18.0 Å². The van der Waals surface area contributed by atoms with Gasteiger partial charge in [0.25, 0.3) is 5.95 Å². The molecule has 0 radical (unpaired) electrons. The molecule has 0 saturated carbocycles. The maximum atomic E-state index is 11.9. The predicted molar refractivity (Wildman–Crippen MR) is 96.7 cm³/mol. The van der Waals surface area contributed by atoms with Gasteiger partial charge >= 0.3 is 5.97 Å². The Bertz CT molecular complexity index is 712. The lowest BCUT2D eigenvalue weighted by molar-refractivity contribution is -0.138. The van der Waals surface area contributed by atoms with Crippen LogP contribution in [0.2, 0.25) is 0 Å². The second kappa shape index (κ2) is 10.6. The zero-order valence-electron chi connectivity index (χ0n) is 15.2. The number of rotatable bonds is 9. The van der Waals surface area contributed by atoms with Gasteiger partial charge < -0.3 is 29.8 Å². The lowest BCUT2D eigenvalue weighted by Gasteiger charge is -2.08. The molecule has 0 aliphatic carbocycles. The molecular formula is C17H23N3O6. The van der Waals surface area contributed by atoms with Gasteiger partial charge in [0.15, 0.2) is 22.9 Å². The number of nitrogens with zero attached hydrogens (tertiary/aromatic N) is 2. The van der Waals surface area contributed by atoms with Crippen LogP contribution in [0.3, 0.4) is 0 Å². The van der Waals surface area contributed by atoms with Gasteiger partial charge in [-0.25, -0.2) is 4.79 Å². The fourth-order valence-corrected chi connectivity index (χ4v) is 1.85. The van der Waals surface area contributed by atoms with E-state index in [4.69, 9.17) is 24.7 Å². The Morgan fingerprint density at radius 3 is 2.38 bits per heavy atom. The van der Waals surface area contributed by atoms with E-state index in [9.17, 15) is 9.90 Å². The molecule has 0 heterocycles. The zero-order valence-corrected chi connectivity index (χ0v) is 15.2. The molecule has 0 aromatic heterocycles. The first-order valence-electron chi connectivity index (χ1n) is 7.80. The number of hydrogen-bond acceptors (Lipinski definition) is 8. The van der Waals surface area contributed by atoms with E-state index in [0.29, 0.717) is 17.1 Å². The average molecular weight is 365 g/mol. The average Bonchev–Trinajstić information content (AvgIpc) is 2.62. The van der Waals surface area contributed by atoms with E-state index in [0.717, 1.165) is 0 Å². The Kier molecular flexibility index (Phi) is 8.48. The molecule has 3 N–H and O–H groups in total. The quantitative estimate of drug-likeness (QED) is 0.171. The SMILES string of the molecule is CCOC(=O)C(/C(N)=N\N=C\c1ccc(OC)c(OC)c1)=C(\O)OCC. The number of amidine groups is 1. The van der Waals surface area contributed by atoms with Crippen LogP contribution in [0.25, 0.3) is 0 Å². The van der Waals surface area contributed by atoms with Crippen LogP contribution >= 0.6 is 0 Å². The summed E-state index contributed by atoms with van der Waals surface area (Å²) in [7, 11) is 3.05. The minimum atomic E-state index is -0.860. The van der Waals surface area contributed by atoms with Crippen LogP contribution in [-0.2, 0) is 14.3 Å². The summed E-state index contributed by atoms with van der Waals surface area (Å²) >= 11 is 0. The minimum absolute atomic E-state index is 0.101. The molecule has 1 aromatic carbocycles. The van der Waals surface area contributed by atoms with Gasteiger partial charge in [0.1, 0.15) is 0 Å². The van der Waals surface area contributed by atoms with Crippen LogP contribution in [0.5, 0.6) is 11.5 Å². The summed E-state index contributed by atoms with van der Waals surface area (Å²) in [4.78, 5) is 11.9. The monoisotopic (exact) mass is 365 g/mol. The Morgan fingerprint density at radius 2 is 1.81 bits per heavy atom. The second-order valence-corrected chi connectivity index (χ2v) is 4.68. The molecule has 1 aromatic rings. The van der Waals surface area contributed by atoms with Crippen molar-refractivity contribution in [1.82, 2.24) is 0 Å². The van der Waals surface area contributed by atoms with Crippen molar-refractivity contribution in [3.8, 4) is 11.5 Å². The highest BCUT2D eigenvalue weighted by molar-refractivity contribution is 6.18. The third-order valence-electron chi connectivity index (χ3n) is 3.01. The number of ether oxygens (including phenoxy) is 4. The number of nitrogens with two attached hydrogens (primary N) is 1. The Labute approximate surface area is 151 Å². The van der Waals surface area contributed by atoms with Gasteiger partial charge in [0, 0.05) is 0 Å². The predicted octanol–water partition coefficient (Wildman–Crippen LogP) is 1.76. The van der Waals surface area contributed by atoms with Crippen molar-refractivity contribution in [2.24, 2.45) is 15.9 Å². The molecule has 0 bridgehead atoms. The lowest BCUT2D eigenvalue weighted by atomic mass is 10.2. The maximum absolute atomic E-state index is 11.9. The van der Waals surface area contributed by atoms with Crippen LogP contribution in [0, 0.1) is 0 Å². The van der Waals surface area contributed by atoms with Crippen molar-refractivity contribution in [3.05, 3.63) is 35.3 Å². The van der Waals surface area contributed by atoms with E-state index in [1.807, 2.05) is 0 Å². The molecule has 0 spiro atoms. The molecule has 0 saturated heterocycles. The van der Waals surface area contributed by atoms with E-state index < -0.39 is 17.5 Å². The van der Waals surface area contributed by atoms with Crippen molar-refractivity contribution in [3.63, 3.8) is 0 Å². The third-order valence-corrected chi connectivity index (χ3v) is 3.01. The maximum Gasteiger partial charge on any atom is 0.349 e. The summed E-state index contributed by atoms with van der Waals surface area (Å²) < 4.78 is 20.1. The number of carbonyl (C=O) groups is 1. The van der Waals surface area contributed by atoms with Crippen LogP contribution in [0.4, 0.5) is 0 Å². The number of carbonyl (C=O) groups excluding carboxylic acids is 1. The summed E-state index contributed by atoms with van der Waals surface area (Å²) in [5, 5.41) is 17.4. The van der Waals surface area contributed by atoms with Crippen molar-refractivity contribution < 1.29 is 28.8 Å². The number of esters is 1. The van der Waals surface area contributed by atoms with Gasteiger partial charge in [-0.1, -0.05) is 0 Å². The van der Waals surface area contributed by atoms with Crippen LogP contribution < -0.4 is 15.2 Å². The molecule has 9 heteroatoms. The lowest BCUT2D eigenvalue weighted by Crippen LogP contribution is -2.25. The van der Waals surface area contributed by atoms with Gasteiger partial charge in [0.2, 0.25) is 0 Å². The zero-order chi connectivity index (χ0) is 19.5. The summed E-state index contributed by atoms with van der Waals surface area (Å²) in [5.41, 5.74) is 6.01. The van der Waals surface area contributed by atoms with Gasteiger partial charge in [0.05, 0.1) is 33.6 Å². The molecule has 142 valence electrons. The van der Waals surface area contributed by atoms with E-state index in [1.165, 1.54) is 20.4 Å². The minimum Gasteiger partial charge on any atom is -0.493 e. The van der Waals surface area contributed by atoms with Gasteiger partial charge in [-0.05, 0) is 37.6 Å². The topological polar surface area (TPSA) is 125 Å². The van der Waals surface area contributed by atoms with Gasteiger partial charge in [-0.2, -0.15) is 5.10 Å². The van der Waals surface area contributed by atoms with Crippen LogP contribution in [-0.4, -0.2) is 50.6 Å². The fourth-order valence-electron chi connectivity index (χ4n) is 1.85. The number of hydrogen-bond donors (Lipinski definition) is 2. The number of aliphatic hydroxyl groups is 1. The summed E-state index contributed by atoms with van der Waals surface area (Å²) in [6.45, 7) is 3.50. The number of benzene rings is 1. The van der Waals surface area contributed by atoms with E-state index in [-0.39, 0.29) is 19.0 Å². The van der Waals surface area contributed by atoms with Crippen molar-refractivity contribution in [2.45, 2.75) is 13.8 Å². The molecule has 0 aliphatic rings. The molecule has 26 heavy (non-hydrogen) atoms. The van der Waals surface area contributed by atoms with Crippen molar-refractivity contribution in [2.75, 3.05) is 27.4 Å². The van der Waals surface area contributed by atoms with Crippen molar-refractivity contribution in [1.29, 1.82) is 0 Å². The molecule has 1 rings (SSSR count). The first-order valence-corrected chi connectivity index (χ1v) is 7.80. The summed E-state index contributed by atoms with van der Waals surface area (Å²) in [6.07, 6.45) is 1.40. The normalized spacial score (nSPS) is 12.5. The van der Waals surface area contributed by atoms with Gasteiger partial charge in [-0.15, -0.1) is 5.10 Å². The Balaban J connectivity index is 3.07. The highest BCUT2D eigenvalue weighted by atomic mass is 16.6. The molecule has 0 amide bonds. The molecule has 0 fully saturated rings. The molecule has 9 nitrogen and oxygen atoms in total. The molecule has 0 unspecified atom stereocenters. The summed E-state index contributed by atoms with van der Waals surface area (Å²) in [6, 6.07) is 5.13. The Hall–Kier alpha value is -3.23. The third kappa shape index (κ3) is 5.69. The van der Waals surface area contributed by atoms with E-state index in [2.05, 4.69) is 10.2 Å². The molecule has 0 aliphatic heterocycles.